The van der Waals surface area contributed by atoms with Gasteiger partial charge in [-0.05, 0) is 17.2 Å². The lowest BCUT2D eigenvalue weighted by Gasteiger charge is -1.99. The molecule has 3 rings (SSSR count). The number of hydrazone groups is 1. The van der Waals surface area contributed by atoms with E-state index < -0.39 is 0 Å². The van der Waals surface area contributed by atoms with Crippen LogP contribution < -0.4 is 5.43 Å². The van der Waals surface area contributed by atoms with Crippen LogP contribution in [0.5, 0.6) is 0 Å². The van der Waals surface area contributed by atoms with Crippen molar-refractivity contribution in [1.29, 1.82) is 0 Å². The Morgan fingerprint density at radius 2 is 1.86 bits per heavy atom. The van der Waals surface area contributed by atoms with Crippen molar-refractivity contribution in [2.75, 3.05) is 0 Å². The molecule has 3 aromatic rings. The summed E-state index contributed by atoms with van der Waals surface area (Å²) >= 11 is 0. The van der Waals surface area contributed by atoms with Gasteiger partial charge in [-0.15, -0.1) is 0 Å². The molecule has 0 aliphatic rings. The van der Waals surface area contributed by atoms with Gasteiger partial charge in [0.2, 0.25) is 5.91 Å². The molecule has 0 atom stereocenters. The molecule has 0 saturated heterocycles. The molecule has 1 aromatic heterocycles. The van der Waals surface area contributed by atoms with Crippen molar-refractivity contribution in [1.82, 2.24) is 10.4 Å². The van der Waals surface area contributed by atoms with Gasteiger partial charge in [0.1, 0.15) is 0 Å². The standard InChI is InChI=1S/C17H15N3O/c21-17(20-19-11-13-6-2-1-3-7-13)10-14-12-18-16-9-5-4-8-15(14)16/h1-9,11-12,18H,10H2,(H,20,21)/b19-11+. The Kier molecular flexibility index (Phi) is 3.78. The third-order valence-corrected chi connectivity index (χ3v) is 3.23. The first-order valence-corrected chi connectivity index (χ1v) is 6.75. The SMILES string of the molecule is O=C(Cc1c[nH]c2ccccc12)N/N=C/c1ccccc1. The zero-order chi connectivity index (χ0) is 14.5. The summed E-state index contributed by atoms with van der Waals surface area (Å²) in [6.45, 7) is 0. The number of carbonyl (C=O) groups is 1. The lowest BCUT2D eigenvalue weighted by Crippen LogP contribution is -2.19. The number of aromatic amines is 1. The first kappa shape index (κ1) is 13.1. The molecule has 0 radical (unpaired) electrons. The Hall–Kier alpha value is -2.88. The van der Waals surface area contributed by atoms with Crippen LogP contribution in [0.4, 0.5) is 0 Å². The van der Waals surface area contributed by atoms with Gasteiger partial charge in [0, 0.05) is 17.1 Å². The van der Waals surface area contributed by atoms with Gasteiger partial charge in [-0.3, -0.25) is 4.79 Å². The predicted molar refractivity (Wildman–Crippen MR) is 84.2 cm³/mol. The molecule has 0 fully saturated rings. The Labute approximate surface area is 122 Å². The second-order valence-electron chi connectivity index (χ2n) is 4.74. The molecule has 2 aromatic carbocycles. The third-order valence-electron chi connectivity index (χ3n) is 3.23. The molecule has 1 heterocycles. The Morgan fingerprint density at radius 3 is 2.71 bits per heavy atom. The van der Waals surface area contributed by atoms with Crippen LogP contribution in [0.1, 0.15) is 11.1 Å². The highest BCUT2D eigenvalue weighted by atomic mass is 16.2. The summed E-state index contributed by atoms with van der Waals surface area (Å²) in [5.74, 6) is -0.132. The molecule has 2 N–H and O–H groups in total. The van der Waals surface area contributed by atoms with E-state index in [9.17, 15) is 4.79 Å². The molecule has 0 saturated carbocycles. The number of nitrogens with zero attached hydrogens (tertiary/aromatic N) is 1. The highest BCUT2D eigenvalue weighted by molar-refractivity contribution is 5.89. The molecule has 21 heavy (non-hydrogen) atoms. The Bertz CT molecular complexity index is 775. The molecular weight excluding hydrogens is 262 g/mol. The molecule has 0 aliphatic heterocycles. The minimum atomic E-state index is -0.132. The second kappa shape index (κ2) is 6.05. The van der Waals surface area contributed by atoms with E-state index in [2.05, 4.69) is 15.5 Å². The average molecular weight is 277 g/mol. The van der Waals surface area contributed by atoms with Crippen molar-refractivity contribution in [3.8, 4) is 0 Å². The molecule has 0 spiro atoms. The van der Waals surface area contributed by atoms with Gasteiger partial charge in [-0.25, -0.2) is 5.43 Å². The molecular formula is C17H15N3O. The fourth-order valence-corrected chi connectivity index (χ4v) is 2.21. The zero-order valence-corrected chi connectivity index (χ0v) is 11.4. The van der Waals surface area contributed by atoms with Gasteiger partial charge in [-0.1, -0.05) is 48.5 Å². The Morgan fingerprint density at radius 1 is 1.10 bits per heavy atom. The van der Waals surface area contributed by atoms with E-state index in [0.29, 0.717) is 6.42 Å². The number of rotatable bonds is 4. The summed E-state index contributed by atoms with van der Waals surface area (Å²) in [5.41, 5.74) is 5.51. The monoisotopic (exact) mass is 277 g/mol. The number of carbonyl (C=O) groups excluding carboxylic acids is 1. The minimum Gasteiger partial charge on any atom is -0.361 e. The number of benzene rings is 2. The Balaban J connectivity index is 1.63. The van der Waals surface area contributed by atoms with Gasteiger partial charge in [0.15, 0.2) is 0 Å². The number of para-hydroxylation sites is 1. The van der Waals surface area contributed by atoms with Crippen LogP contribution in [-0.4, -0.2) is 17.1 Å². The van der Waals surface area contributed by atoms with E-state index in [1.807, 2.05) is 60.8 Å². The molecule has 0 unspecified atom stereocenters. The number of H-pyrrole nitrogens is 1. The quantitative estimate of drug-likeness (QED) is 0.559. The van der Waals surface area contributed by atoms with Crippen LogP contribution >= 0.6 is 0 Å². The topological polar surface area (TPSA) is 57.2 Å². The molecule has 0 aliphatic carbocycles. The summed E-state index contributed by atoms with van der Waals surface area (Å²) < 4.78 is 0. The number of hydrogen-bond donors (Lipinski definition) is 2. The molecule has 1 amide bonds. The van der Waals surface area contributed by atoms with Crippen molar-refractivity contribution in [2.24, 2.45) is 5.10 Å². The molecule has 104 valence electrons. The fraction of sp³-hybridized carbons (Fsp3) is 0.0588. The van der Waals surface area contributed by atoms with E-state index in [4.69, 9.17) is 0 Å². The lowest BCUT2D eigenvalue weighted by molar-refractivity contribution is -0.120. The largest absolute Gasteiger partial charge is 0.361 e. The summed E-state index contributed by atoms with van der Waals surface area (Å²) in [6.07, 6.45) is 3.80. The number of nitrogens with one attached hydrogen (secondary N) is 2. The van der Waals surface area contributed by atoms with Crippen LogP contribution in [0, 0.1) is 0 Å². The number of hydrogen-bond acceptors (Lipinski definition) is 2. The van der Waals surface area contributed by atoms with E-state index in [0.717, 1.165) is 22.0 Å². The van der Waals surface area contributed by atoms with Crippen LogP contribution in [0.25, 0.3) is 10.9 Å². The number of amides is 1. The van der Waals surface area contributed by atoms with Crippen LogP contribution in [-0.2, 0) is 11.2 Å². The second-order valence-corrected chi connectivity index (χ2v) is 4.74. The van der Waals surface area contributed by atoms with Crippen LogP contribution in [0.15, 0.2) is 65.9 Å². The minimum absolute atomic E-state index is 0.132. The van der Waals surface area contributed by atoms with E-state index >= 15 is 0 Å². The summed E-state index contributed by atoms with van der Waals surface area (Å²) in [5, 5.41) is 5.04. The summed E-state index contributed by atoms with van der Waals surface area (Å²) in [4.78, 5) is 15.1. The lowest BCUT2D eigenvalue weighted by atomic mass is 10.1. The highest BCUT2D eigenvalue weighted by Gasteiger charge is 2.07. The molecule has 4 nitrogen and oxygen atoms in total. The smallest absolute Gasteiger partial charge is 0.244 e. The first-order chi connectivity index (χ1) is 10.3. The van der Waals surface area contributed by atoms with Gasteiger partial charge in [0.25, 0.3) is 0 Å². The maximum absolute atomic E-state index is 11.9. The van der Waals surface area contributed by atoms with Crippen molar-refractivity contribution in [3.63, 3.8) is 0 Å². The number of aromatic nitrogens is 1. The van der Waals surface area contributed by atoms with Crippen molar-refractivity contribution < 1.29 is 4.79 Å². The zero-order valence-electron chi connectivity index (χ0n) is 11.4. The van der Waals surface area contributed by atoms with Gasteiger partial charge < -0.3 is 4.98 Å². The maximum atomic E-state index is 11.9. The first-order valence-electron chi connectivity index (χ1n) is 6.75. The van der Waals surface area contributed by atoms with E-state index in [1.54, 1.807) is 6.21 Å². The fourth-order valence-electron chi connectivity index (χ4n) is 2.21. The van der Waals surface area contributed by atoms with Crippen LogP contribution in [0.2, 0.25) is 0 Å². The van der Waals surface area contributed by atoms with Gasteiger partial charge in [-0.2, -0.15) is 5.10 Å². The predicted octanol–water partition coefficient (Wildman–Crippen LogP) is 2.86. The van der Waals surface area contributed by atoms with E-state index in [-0.39, 0.29) is 5.91 Å². The van der Waals surface area contributed by atoms with Gasteiger partial charge >= 0.3 is 0 Å². The number of fused-ring (bicyclic) bond motifs is 1. The van der Waals surface area contributed by atoms with Gasteiger partial charge in [0.05, 0.1) is 12.6 Å². The summed E-state index contributed by atoms with van der Waals surface area (Å²) in [6, 6.07) is 17.6. The summed E-state index contributed by atoms with van der Waals surface area (Å²) in [7, 11) is 0. The van der Waals surface area contributed by atoms with E-state index in [1.165, 1.54) is 0 Å². The van der Waals surface area contributed by atoms with Crippen molar-refractivity contribution in [2.45, 2.75) is 6.42 Å². The third kappa shape index (κ3) is 3.17. The normalized spacial score (nSPS) is 11.0. The average Bonchev–Trinajstić information content (AvgIpc) is 2.92. The van der Waals surface area contributed by atoms with Crippen molar-refractivity contribution >= 4 is 23.0 Å². The highest BCUT2D eigenvalue weighted by Crippen LogP contribution is 2.17. The molecule has 4 heteroatoms. The molecule has 0 bridgehead atoms. The maximum Gasteiger partial charge on any atom is 0.244 e. The van der Waals surface area contributed by atoms with Crippen molar-refractivity contribution in [3.05, 3.63) is 71.9 Å². The van der Waals surface area contributed by atoms with Crippen LogP contribution in [0.3, 0.4) is 0 Å².